The van der Waals surface area contributed by atoms with Gasteiger partial charge < -0.3 is 10.6 Å². The minimum Gasteiger partial charge on any atom is -0.329 e. The third-order valence-electron chi connectivity index (χ3n) is 8.35. The Morgan fingerprint density at radius 3 is 1.36 bits per heavy atom. The SMILES string of the molecule is C.Cc1ccc(-c2ccc([C@@H]3C[C@H]3N3C(=O)CNC3=O)cn2)s1.Cc1ccc(-c2ccc([C@H]3C[C@@H]3N3C(=O)CNC3=O)cn2)s1. The second-order valence-corrected chi connectivity index (χ2v) is 14.0. The van der Waals surface area contributed by atoms with Gasteiger partial charge in [-0.05, 0) is 74.2 Å². The number of aryl methyl sites for hydroxylation is 2. The molecule has 4 atom stereocenters. The molecule has 0 spiro atoms. The number of hydrogen-bond acceptors (Lipinski definition) is 8. The lowest BCUT2D eigenvalue weighted by Crippen LogP contribution is -2.33. The Balaban J connectivity index is 0.000000155. The Morgan fingerprint density at radius 1 is 0.644 bits per heavy atom. The van der Waals surface area contributed by atoms with Gasteiger partial charge in [0.1, 0.15) is 0 Å². The summed E-state index contributed by atoms with van der Waals surface area (Å²) in [5.74, 6) is 0.186. The van der Waals surface area contributed by atoms with Gasteiger partial charge in [-0.25, -0.2) is 9.59 Å². The number of rotatable bonds is 6. The Kier molecular flexibility index (Phi) is 8.27. The number of hydrogen-bond donors (Lipinski definition) is 2. The van der Waals surface area contributed by atoms with Crippen LogP contribution >= 0.6 is 22.7 Å². The van der Waals surface area contributed by atoms with E-state index in [1.54, 1.807) is 22.7 Å². The number of aromatic nitrogens is 2. The molecule has 2 aliphatic carbocycles. The molecule has 2 N–H and O–H groups in total. The fraction of sp³-hybridized carbons (Fsp3) is 0.333. The highest BCUT2D eigenvalue weighted by molar-refractivity contribution is 7.15. The van der Waals surface area contributed by atoms with E-state index >= 15 is 0 Å². The van der Waals surface area contributed by atoms with E-state index in [0.29, 0.717) is 0 Å². The first kappa shape index (κ1) is 30.6. The van der Waals surface area contributed by atoms with Crippen LogP contribution in [0.1, 0.15) is 53.0 Å². The van der Waals surface area contributed by atoms with E-state index in [2.05, 4.69) is 70.8 Å². The molecule has 4 aromatic rings. The molecule has 2 saturated heterocycles. The highest BCUT2D eigenvalue weighted by Crippen LogP contribution is 2.46. The molecule has 6 amide bonds. The zero-order valence-electron chi connectivity index (χ0n) is 24.1. The molecule has 2 aliphatic heterocycles. The van der Waals surface area contributed by atoms with Crippen molar-refractivity contribution in [2.75, 3.05) is 13.1 Å². The van der Waals surface area contributed by atoms with E-state index in [0.717, 1.165) is 45.1 Å². The monoisotopic (exact) mass is 642 g/mol. The fourth-order valence-electron chi connectivity index (χ4n) is 5.88. The Morgan fingerprint density at radius 2 is 1.07 bits per heavy atom. The lowest BCUT2D eigenvalue weighted by molar-refractivity contribution is -0.126. The molecule has 6 heterocycles. The lowest BCUT2D eigenvalue weighted by atomic mass is 10.1. The zero-order chi connectivity index (χ0) is 30.5. The van der Waals surface area contributed by atoms with Crippen LogP contribution in [0.15, 0.2) is 60.9 Å². The number of carbonyl (C=O) groups is 4. The number of carbonyl (C=O) groups excluding carboxylic acids is 4. The van der Waals surface area contributed by atoms with Crippen LogP contribution in [0.2, 0.25) is 0 Å². The first-order chi connectivity index (χ1) is 21.3. The number of nitrogens with one attached hydrogen (secondary N) is 2. The van der Waals surface area contributed by atoms with Crippen molar-refractivity contribution in [1.29, 1.82) is 0 Å². The van der Waals surface area contributed by atoms with Gasteiger partial charge in [0, 0.05) is 46.1 Å². The first-order valence-electron chi connectivity index (χ1n) is 14.5. The summed E-state index contributed by atoms with van der Waals surface area (Å²) >= 11 is 3.45. The van der Waals surface area contributed by atoms with Crippen LogP contribution < -0.4 is 10.6 Å². The standard InChI is InChI=1S/2C16H15N3O2S.CH4/c2*1-9-2-5-14(22-9)12-4-3-10(7-17-12)11-6-13(11)19-15(20)8-18-16(19)21;/h2*2-5,7,11,13H,6,8H2,1H3,(H,18,21);1H4/t2*11-,13+;/m10./s1. The number of thiophene rings is 2. The molecule has 0 radical (unpaired) electrons. The molecule has 12 heteroatoms. The van der Waals surface area contributed by atoms with Crippen molar-refractivity contribution >= 4 is 46.6 Å². The molecule has 4 aromatic heterocycles. The van der Waals surface area contributed by atoms with Crippen LogP contribution in [-0.2, 0) is 9.59 Å². The average Bonchev–Trinajstić information content (AvgIpc) is 3.78. The molecule has 45 heavy (non-hydrogen) atoms. The first-order valence-corrected chi connectivity index (χ1v) is 16.2. The van der Waals surface area contributed by atoms with Gasteiger partial charge in [0.15, 0.2) is 0 Å². The maximum absolute atomic E-state index is 11.7. The molecule has 10 nitrogen and oxygen atoms in total. The molecule has 2 saturated carbocycles. The zero-order valence-corrected chi connectivity index (χ0v) is 25.8. The number of urea groups is 2. The van der Waals surface area contributed by atoms with E-state index < -0.39 is 0 Å². The number of pyridine rings is 2. The lowest BCUT2D eigenvalue weighted by Gasteiger charge is -2.11. The van der Waals surface area contributed by atoms with Gasteiger partial charge in [0.05, 0.1) is 34.2 Å². The predicted octanol–water partition coefficient (Wildman–Crippen LogP) is 5.69. The van der Waals surface area contributed by atoms with Crippen molar-refractivity contribution in [2.45, 2.75) is 58.0 Å². The highest BCUT2D eigenvalue weighted by atomic mass is 32.1. The number of imide groups is 2. The Labute approximate surface area is 269 Å². The minimum atomic E-state index is -0.267. The van der Waals surface area contributed by atoms with Crippen LogP contribution in [0.3, 0.4) is 0 Å². The van der Waals surface area contributed by atoms with Crippen LogP contribution in [0.4, 0.5) is 9.59 Å². The van der Waals surface area contributed by atoms with E-state index in [1.807, 2.05) is 24.5 Å². The van der Waals surface area contributed by atoms with Gasteiger partial charge in [-0.3, -0.25) is 29.4 Å². The average molecular weight is 643 g/mol. The van der Waals surface area contributed by atoms with Gasteiger partial charge in [0.2, 0.25) is 11.8 Å². The molecule has 232 valence electrons. The van der Waals surface area contributed by atoms with Crippen LogP contribution in [0, 0.1) is 13.8 Å². The van der Waals surface area contributed by atoms with Crippen molar-refractivity contribution in [2.24, 2.45) is 0 Å². The summed E-state index contributed by atoms with van der Waals surface area (Å²) in [6, 6.07) is 15.9. The van der Waals surface area contributed by atoms with Crippen molar-refractivity contribution in [3.05, 3.63) is 81.8 Å². The maximum atomic E-state index is 11.7. The molecule has 0 unspecified atom stereocenters. The molecule has 0 aromatic carbocycles. The van der Waals surface area contributed by atoms with Crippen molar-refractivity contribution in [1.82, 2.24) is 30.4 Å². The van der Waals surface area contributed by atoms with Crippen molar-refractivity contribution in [3.63, 3.8) is 0 Å². The summed E-state index contributed by atoms with van der Waals surface area (Å²) in [5.41, 5.74) is 4.12. The molecular formula is C33H34N6O4S2. The molecule has 4 aliphatic rings. The second-order valence-electron chi connectivity index (χ2n) is 11.4. The maximum Gasteiger partial charge on any atom is 0.324 e. The summed E-state index contributed by atoms with van der Waals surface area (Å²) in [4.78, 5) is 63.4. The normalized spacial score (nSPS) is 23.2. The van der Waals surface area contributed by atoms with E-state index in [4.69, 9.17) is 0 Å². The largest absolute Gasteiger partial charge is 0.329 e. The van der Waals surface area contributed by atoms with Gasteiger partial charge in [-0.2, -0.15) is 0 Å². The van der Waals surface area contributed by atoms with E-state index in [1.165, 1.54) is 19.6 Å². The number of nitrogens with zero attached hydrogens (tertiary/aromatic N) is 4. The highest BCUT2D eigenvalue weighted by Gasteiger charge is 2.50. The van der Waals surface area contributed by atoms with Gasteiger partial charge >= 0.3 is 12.1 Å². The van der Waals surface area contributed by atoms with Gasteiger partial charge in [0.25, 0.3) is 0 Å². The quantitative estimate of drug-likeness (QED) is 0.261. The third kappa shape index (κ3) is 6.12. The van der Waals surface area contributed by atoms with Crippen molar-refractivity contribution < 1.29 is 19.2 Å². The van der Waals surface area contributed by atoms with Crippen molar-refractivity contribution in [3.8, 4) is 21.1 Å². The molecule has 4 fully saturated rings. The molecule has 8 rings (SSSR count). The van der Waals surface area contributed by atoms with Gasteiger partial charge in [-0.1, -0.05) is 19.6 Å². The summed E-state index contributed by atoms with van der Waals surface area (Å²) in [6.45, 7) is 4.40. The van der Waals surface area contributed by atoms with Gasteiger partial charge in [-0.15, -0.1) is 22.7 Å². The van der Waals surface area contributed by atoms with E-state index in [-0.39, 0.29) is 68.3 Å². The molecule has 0 bridgehead atoms. The predicted molar refractivity (Wildman–Crippen MR) is 174 cm³/mol. The summed E-state index contributed by atoms with van der Waals surface area (Å²) in [6.07, 6.45) is 5.40. The molecular weight excluding hydrogens is 609 g/mol. The summed E-state index contributed by atoms with van der Waals surface area (Å²) < 4.78 is 0. The third-order valence-corrected chi connectivity index (χ3v) is 10.4. The van der Waals surface area contributed by atoms with Crippen LogP contribution in [-0.4, -0.2) is 68.8 Å². The smallest absolute Gasteiger partial charge is 0.324 e. The Bertz CT molecular complexity index is 1600. The fourth-order valence-corrected chi connectivity index (χ4v) is 7.57. The van der Waals surface area contributed by atoms with Crippen LogP contribution in [0.5, 0.6) is 0 Å². The number of amides is 6. The summed E-state index contributed by atoms with van der Waals surface area (Å²) in [5, 5.41) is 5.14. The Hall–Kier alpha value is -4.42. The van der Waals surface area contributed by atoms with E-state index in [9.17, 15) is 19.2 Å². The topological polar surface area (TPSA) is 125 Å². The second kappa shape index (κ2) is 12.2. The summed E-state index contributed by atoms with van der Waals surface area (Å²) in [7, 11) is 0. The van der Waals surface area contributed by atoms with Crippen LogP contribution in [0.25, 0.3) is 21.1 Å². The minimum absolute atomic E-state index is 0.